The van der Waals surface area contributed by atoms with Crippen LogP contribution in [0.5, 0.6) is 0 Å². The number of hydrogen-bond donors (Lipinski definition) is 0. The fourth-order valence-electron chi connectivity index (χ4n) is 5.72. The number of likely N-dealkylation sites (tertiary alicyclic amines) is 2. The van der Waals surface area contributed by atoms with E-state index < -0.39 is 0 Å². The minimum absolute atomic E-state index is 0.0235. The van der Waals surface area contributed by atoms with E-state index in [-0.39, 0.29) is 5.91 Å². The maximum atomic E-state index is 13.1. The first-order valence-electron chi connectivity index (χ1n) is 11.6. The van der Waals surface area contributed by atoms with Crippen LogP contribution in [0.3, 0.4) is 0 Å². The minimum atomic E-state index is -0.0235. The van der Waals surface area contributed by atoms with Gasteiger partial charge < -0.3 is 9.80 Å². The van der Waals surface area contributed by atoms with Crippen molar-refractivity contribution in [2.24, 2.45) is 11.8 Å². The molecule has 4 heterocycles. The van der Waals surface area contributed by atoms with Gasteiger partial charge in [-0.05, 0) is 37.2 Å². The summed E-state index contributed by atoms with van der Waals surface area (Å²) in [4.78, 5) is 34.1. The molecule has 30 heavy (non-hydrogen) atoms. The molecular weight excluding hydrogens is 378 g/mol. The summed E-state index contributed by atoms with van der Waals surface area (Å²) in [6.45, 7) is 2.31. The number of amides is 2. The van der Waals surface area contributed by atoms with Gasteiger partial charge in [-0.1, -0.05) is 32.1 Å². The van der Waals surface area contributed by atoms with Crippen LogP contribution in [-0.2, 0) is 4.79 Å². The second kappa shape index (κ2) is 8.36. The predicted molar refractivity (Wildman–Crippen MR) is 113 cm³/mol. The number of hydrogen-bond acceptors (Lipinski definition) is 4. The standard InChI is InChI=1S/C23H31N5O2/c29-22-8-7-18-16-26(23(30)19-15-21-24-11-4-12-28(21)25-19)13-10-20(18)27(22)14-9-17-5-2-1-3-6-17/h4,11-12,15,17-18,20H,1-3,5-10,13-14,16H2/t18-,20+/m1/s1. The molecule has 2 aliphatic heterocycles. The summed E-state index contributed by atoms with van der Waals surface area (Å²) >= 11 is 0. The molecule has 2 amide bonds. The lowest BCUT2D eigenvalue weighted by Gasteiger charge is -2.47. The number of carbonyl (C=O) groups is 2. The maximum Gasteiger partial charge on any atom is 0.274 e. The Morgan fingerprint density at radius 3 is 2.83 bits per heavy atom. The molecule has 7 heteroatoms. The Morgan fingerprint density at radius 2 is 2.00 bits per heavy atom. The summed E-state index contributed by atoms with van der Waals surface area (Å²) in [7, 11) is 0. The van der Waals surface area contributed by atoms with Crippen molar-refractivity contribution in [1.82, 2.24) is 24.4 Å². The molecule has 3 aliphatic rings. The molecule has 0 unspecified atom stereocenters. The van der Waals surface area contributed by atoms with Gasteiger partial charge >= 0.3 is 0 Å². The summed E-state index contributed by atoms with van der Waals surface area (Å²) in [5, 5.41) is 4.40. The van der Waals surface area contributed by atoms with Gasteiger partial charge in [0.25, 0.3) is 5.91 Å². The highest BCUT2D eigenvalue weighted by atomic mass is 16.2. The van der Waals surface area contributed by atoms with Crippen LogP contribution in [0.25, 0.3) is 5.65 Å². The third-order valence-electron chi connectivity index (χ3n) is 7.39. The largest absolute Gasteiger partial charge is 0.339 e. The summed E-state index contributed by atoms with van der Waals surface area (Å²) in [6.07, 6.45) is 13.8. The highest BCUT2D eigenvalue weighted by Crippen LogP contribution is 2.33. The van der Waals surface area contributed by atoms with E-state index in [1.165, 1.54) is 32.1 Å². The molecule has 0 spiro atoms. The SMILES string of the molecule is O=C(c1cc2ncccn2n1)N1CC[C@H]2[C@H](CCC(=O)N2CCC2CCCCC2)C1. The highest BCUT2D eigenvalue weighted by Gasteiger charge is 2.40. The Morgan fingerprint density at radius 1 is 1.13 bits per heavy atom. The van der Waals surface area contributed by atoms with Crippen molar-refractivity contribution >= 4 is 17.5 Å². The fraction of sp³-hybridized carbons (Fsp3) is 0.652. The van der Waals surface area contributed by atoms with Crippen LogP contribution in [-0.4, -0.2) is 61.9 Å². The third kappa shape index (κ3) is 3.82. The Kier molecular flexibility index (Phi) is 5.44. The molecule has 0 N–H and O–H groups in total. The van der Waals surface area contributed by atoms with E-state index in [9.17, 15) is 9.59 Å². The topological polar surface area (TPSA) is 70.8 Å². The summed E-state index contributed by atoms with van der Waals surface area (Å²) in [6, 6.07) is 3.86. The molecule has 2 aromatic heterocycles. The van der Waals surface area contributed by atoms with Crippen LogP contribution >= 0.6 is 0 Å². The smallest absolute Gasteiger partial charge is 0.274 e. The molecule has 0 aromatic carbocycles. The number of rotatable bonds is 4. The summed E-state index contributed by atoms with van der Waals surface area (Å²) in [5.41, 5.74) is 1.14. The third-order valence-corrected chi connectivity index (χ3v) is 7.39. The molecule has 2 saturated heterocycles. The van der Waals surface area contributed by atoms with E-state index in [1.54, 1.807) is 22.8 Å². The molecule has 1 aliphatic carbocycles. The summed E-state index contributed by atoms with van der Waals surface area (Å²) < 4.78 is 1.65. The molecule has 7 nitrogen and oxygen atoms in total. The zero-order valence-corrected chi connectivity index (χ0v) is 17.6. The highest BCUT2D eigenvalue weighted by molar-refractivity contribution is 5.93. The molecule has 0 radical (unpaired) electrons. The van der Waals surface area contributed by atoms with Crippen molar-refractivity contribution < 1.29 is 9.59 Å². The zero-order valence-electron chi connectivity index (χ0n) is 17.6. The van der Waals surface area contributed by atoms with Crippen LogP contribution in [0.4, 0.5) is 0 Å². The van der Waals surface area contributed by atoms with Crippen LogP contribution in [0.2, 0.25) is 0 Å². The molecule has 1 saturated carbocycles. The first kappa shape index (κ1) is 19.5. The minimum Gasteiger partial charge on any atom is -0.339 e. The second-order valence-corrected chi connectivity index (χ2v) is 9.24. The van der Waals surface area contributed by atoms with E-state index in [0.717, 1.165) is 38.3 Å². The van der Waals surface area contributed by atoms with Crippen molar-refractivity contribution in [1.29, 1.82) is 0 Å². The van der Waals surface area contributed by atoms with Crippen LogP contribution in [0, 0.1) is 11.8 Å². The van der Waals surface area contributed by atoms with Crippen molar-refractivity contribution in [3.63, 3.8) is 0 Å². The van der Waals surface area contributed by atoms with Gasteiger partial charge in [-0.15, -0.1) is 0 Å². The van der Waals surface area contributed by atoms with Gasteiger partial charge in [-0.25, -0.2) is 9.50 Å². The first-order chi connectivity index (χ1) is 14.7. The van der Waals surface area contributed by atoms with Crippen LogP contribution < -0.4 is 0 Å². The Hall–Kier alpha value is -2.44. The number of aromatic nitrogens is 3. The van der Waals surface area contributed by atoms with Gasteiger partial charge in [-0.2, -0.15) is 5.10 Å². The lowest BCUT2D eigenvalue weighted by molar-refractivity contribution is -0.140. The lowest BCUT2D eigenvalue weighted by Crippen LogP contribution is -2.57. The van der Waals surface area contributed by atoms with Crippen LogP contribution in [0.15, 0.2) is 24.5 Å². The molecule has 2 atom stereocenters. The number of piperidine rings is 2. The van der Waals surface area contributed by atoms with E-state index >= 15 is 0 Å². The van der Waals surface area contributed by atoms with Gasteiger partial charge in [0, 0.05) is 50.6 Å². The van der Waals surface area contributed by atoms with E-state index in [2.05, 4.69) is 15.0 Å². The van der Waals surface area contributed by atoms with Gasteiger partial charge in [0.05, 0.1) is 0 Å². The lowest BCUT2D eigenvalue weighted by atomic mass is 9.82. The van der Waals surface area contributed by atoms with Gasteiger partial charge in [0.2, 0.25) is 5.91 Å². The van der Waals surface area contributed by atoms with Crippen molar-refractivity contribution in [2.45, 2.75) is 63.8 Å². The predicted octanol–water partition coefficient (Wildman–Crippen LogP) is 3.15. The molecule has 5 rings (SSSR count). The van der Waals surface area contributed by atoms with Crippen molar-refractivity contribution in [2.75, 3.05) is 19.6 Å². The number of carbonyl (C=O) groups excluding carboxylic acids is 2. The zero-order chi connectivity index (χ0) is 20.5. The van der Waals surface area contributed by atoms with Gasteiger partial charge in [0.1, 0.15) is 0 Å². The molecule has 0 bridgehead atoms. The normalized spacial score (nSPS) is 25.5. The quantitative estimate of drug-likeness (QED) is 0.778. The monoisotopic (exact) mass is 409 g/mol. The number of nitrogens with zero attached hydrogens (tertiary/aromatic N) is 5. The Labute approximate surface area is 177 Å². The average Bonchev–Trinajstić information content (AvgIpc) is 3.22. The van der Waals surface area contributed by atoms with Gasteiger partial charge in [0.15, 0.2) is 11.3 Å². The van der Waals surface area contributed by atoms with Gasteiger partial charge in [-0.3, -0.25) is 9.59 Å². The Bertz CT molecular complexity index is 886. The van der Waals surface area contributed by atoms with E-state index in [1.807, 2.05) is 11.1 Å². The number of fused-ring (bicyclic) bond motifs is 2. The molecule has 160 valence electrons. The molecule has 3 fully saturated rings. The molecular formula is C23H31N5O2. The van der Waals surface area contributed by atoms with Crippen molar-refractivity contribution in [3.8, 4) is 0 Å². The summed E-state index contributed by atoms with van der Waals surface area (Å²) in [5.74, 6) is 1.46. The van der Waals surface area contributed by atoms with Crippen molar-refractivity contribution in [3.05, 3.63) is 30.2 Å². The molecule has 2 aromatic rings. The van der Waals surface area contributed by atoms with E-state index in [4.69, 9.17) is 0 Å². The Balaban J connectivity index is 1.23. The second-order valence-electron chi connectivity index (χ2n) is 9.24. The average molecular weight is 410 g/mol. The first-order valence-corrected chi connectivity index (χ1v) is 11.6. The fourth-order valence-corrected chi connectivity index (χ4v) is 5.72. The maximum absolute atomic E-state index is 13.1. The van der Waals surface area contributed by atoms with Crippen LogP contribution in [0.1, 0.15) is 68.3 Å². The van der Waals surface area contributed by atoms with E-state index in [0.29, 0.717) is 42.2 Å².